The van der Waals surface area contributed by atoms with Crippen LogP contribution in [0.15, 0.2) is 0 Å². The molecule has 10 heteroatoms. The number of unbranched alkanes of at least 4 members (excludes halogenated alkanes) is 11. The summed E-state index contributed by atoms with van der Waals surface area (Å²) in [7, 11) is 3.24. The fourth-order valence-corrected chi connectivity index (χ4v) is 29.2. The first-order valence-corrected chi connectivity index (χ1v) is 29.6. The fourth-order valence-electron chi connectivity index (χ4n) is 5.00. The van der Waals surface area contributed by atoms with Gasteiger partial charge in [0.05, 0.1) is 0 Å². The van der Waals surface area contributed by atoms with E-state index < -0.39 is 25.0 Å². The third-order valence-corrected chi connectivity index (χ3v) is 34.7. The molecular formula is C38H74O6S3Sn. The monoisotopic (exact) mass is 842 g/mol. The number of carbonyl (C=O) groups excluding carboxylic acids is 3. The third-order valence-electron chi connectivity index (χ3n) is 7.96. The number of hydrogen-bond acceptors (Lipinski definition) is 8. The van der Waals surface area contributed by atoms with E-state index in [2.05, 4.69) is 48.5 Å². The van der Waals surface area contributed by atoms with Crippen molar-refractivity contribution in [1.82, 2.24) is 0 Å². The summed E-state index contributed by atoms with van der Waals surface area (Å²) >= 11 is -1.14. The van der Waals surface area contributed by atoms with Crippen LogP contribution >= 0.6 is 26.9 Å². The second-order valence-electron chi connectivity index (χ2n) is 14.3. The molecule has 0 aromatic carbocycles. The van der Waals surface area contributed by atoms with Crippen LogP contribution in [-0.2, 0) is 28.6 Å². The van der Waals surface area contributed by atoms with Crippen LogP contribution in [0, 0.1) is 17.8 Å². The van der Waals surface area contributed by atoms with Gasteiger partial charge in [0.15, 0.2) is 0 Å². The van der Waals surface area contributed by atoms with Gasteiger partial charge in [0.1, 0.15) is 0 Å². The molecule has 0 unspecified atom stereocenters. The molecule has 0 aliphatic rings. The summed E-state index contributed by atoms with van der Waals surface area (Å²) in [6.07, 6.45) is 20.3. The van der Waals surface area contributed by atoms with E-state index in [0.29, 0.717) is 43.3 Å². The summed E-state index contributed by atoms with van der Waals surface area (Å²) in [6.45, 7) is 17.0. The van der Waals surface area contributed by atoms with E-state index in [4.69, 9.17) is 14.2 Å². The Labute approximate surface area is 314 Å². The number of ether oxygens (including phenoxy) is 3. The second-order valence-corrected chi connectivity index (χ2v) is 37.6. The van der Waals surface area contributed by atoms with Gasteiger partial charge in [-0.1, -0.05) is 0 Å². The van der Waals surface area contributed by atoms with E-state index >= 15 is 0 Å². The van der Waals surface area contributed by atoms with Crippen LogP contribution in [0.5, 0.6) is 0 Å². The molecule has 6 nitrogen and oxygen atoms in total. The molecule has 0 aromatic rings. The minimum atomic E-state index is -1.61. The number of carbonyl (C=O) groups is 3. The topological polar surface area (TPSA) is 78.9 Å². The van der Waals surface area contributed by atoms with E-state index in [1.165, 1.54) is 51.4 Å². The van der Waals surface area contributed by atoms with Gasteiger partial charge in [0.2, 0.25) is 0 Å². The van der Waals surface area contributed by atoms with E-state index in [1.54, 1.807) is 21.6 Å². The van der Waals surface area contributed by atoms with Crippen molar-refractivity contribution in [2.45, 2.75) is 168 Å². The Morgan fingerprint density at radius 1 is 0.521 bits per heavy atom. The van der Waals surface area contributed by atoms with Crippen LogP contribution in [-0.4, -0.2) is 74.7 Å². The molecule has 48 heavy (non-hydrogen) atoms. The predicted octanol–water partition coefficient (Wildman–Crippen LogP) is 11.8. The molecule has 284 valence electrons. The molecule has 0 fully saturated rings. The predicted molar refractivity (Wildman–Crippen MR) is 214 cm³/mol. The van der Waals surface area contributed by atoms with Gasteiger partial charge in [-0.3, -0.25) is 0 Å². The number of esters is 3. The SMILES string of the molecule is CCCCCCC[CH2][Sn][S](CC(=O)OCCCCCC(C)C)(SCC(=O)OCCCCCC(C)C)SCC(=O)OCCCCCC(C)C. The van der Waals surface area contributed by atoms with Crippen LogP contribution in [0.4, 0.5) is 0 Å². The molecule has 0 amide bonds. The Hall–Kier alpha value is 0.259. The quantitative estimate of drug-likeness (QED) is 0.0208. The van der Waals surface area contributed by atoms with Gasteiger partial charge < -0.3 is 0 Å². The molecule has 0 aromatic heterocycles. The van der Waals surface area contributed by atoms with Gasteiger partial charge in [-0.15, -0.1) is 0 Å². The minimum absolute atomic E-state index is 0.172. The van der Waals surface area contributed by atoms with Crippen molar-refractivity contribution in [3.05, 3.63) is 0 Å². The van der Waals surface area contributed by atoms with Gasteiger partial charge in [-0.25, -0.2) is 0 Å². The molecule has 0 bridgehead atoms. The normalized spacial score (nSPS) is 12.2. The summed E-state index contributed by atoms with van der Waals surface area (Å²) in [5.41, 5.74) is 0. The summed E-state index contributed by atoms with van der Waals surface area (Å²) in [5, 5.41) is -1.61. The number of rotatable bonds is 34. The van der Waals surface area contributed by atoms with E-state index in [9.17, 15) is 14.4 Å². The van der Waals surface area contributed by atoms with Crippen molar-refractivity contribution >= 4 is 64.5 Å². The van der Waals surface area contributed by atoms with Crippen LogP contribution in [0.2, 0.25) is 4.44 Å². The first kappa shape index (κ1) is 48.3. The van der Waals surface area contributed by atoms with Crippen LogP contribution in [0.3, 0.4) is 0 Å². The maximum absolute atomic E-state index is 13.3. The van der Waals surface area contributed by atoms with Crippen molar-refractivity contribution in [2.24, 2.45) is 17.8 Å². The van der Waals surface area contributed by atoms with Crippen molar-refractivity contribution in [1.29, 1.82) is 0 Å². The fraction of sp³-hybridized carbons (Fsp3) is 0.921. The first-order valence-electron chi connectivity index (χ1n) is 19.3. The zero-order chi connectivity index (χ0) is 35.9. The Morgan fingerprint density at radius 2 is 0.896 bits per heavy atom. The molecule has 0 atom stereocenters. The Morgan fingerprint density at radius 3 is 1.31 bits per heavy atom. The number of hydrogen-bond donors (Lipinski definition) is 0. The Kier molecular flexibility index (Phi) is 33.3. The van der Waals surface area contributed by atoms with Crippen molar-refractivity contribution in [3.8, 4) is 0 Å². The Balaban J connectivity index is 5.36. The van der Waals surface area contributed by atoms with Crippen LogP contribution in [0.25, 0.3) is 0 Å². The van der Waals surface area contributed by atoms with Gasteiger partial charge in [0, 0.05) is 0 Å². The molecule has 0 saturated heterocycles. The standard InChI is InChI=1S/C30H57O6S3.C8H17.Sn/c1-25(2)16-10-7-13-19-34-28(31)22-37-39(24-30(33)36-21-15-9-12-18-27(5)6)38-23-29(32)35-20-14-8-11-17-26(3)4;1-3-5-7-8-6-4-2;/h25-27H,7-24H2,1-6H3;1,3-8H2,2H3;/q+1;;-1. The molecule has 0 saturated carbocycles. The average Bonchev–Trinajstić information content (AvgIpc) is 3.03. The zero-order valence-electron chi connectivity index (χ0n) is 32.1. The van der Waals surface area contributed by atoms with Gasteiger partial charge in [0.25, 0.3) is 0 Å². The molecule has 0 aliphatic carbocycles. The van der Waals surface area contributed by atoms with E-state index in [1.807, 2.05) is 0 Å². The third kappa shape index (κ3) is 32.2. The van der Waals surface area contributed by atoms with Gasteiger partial charge >= 0.3 is 316 Å². The summed E-state index contributed by atoms with van der Waals surface area (Å²) in [6, 6.07) is 0. The first-order chi connectivity index (χ1) is 23.0. The molecule has 0 heterocycles. The Bertz CT molecular complexity index is 760. The van der Waals surface area contributed by atoms with Gasteiger partial charge in [-0.2, -0.15) is 0 Å². The zero-order valence-corrected chi connectivity index (χ0v) is 37.4. The summed E-state index contributed by atoms with van der Waals surface area (Å²) < 4.78 is 18.2. The second kappa shape index (κ2) is 33.1. The maximum atomic E-state index is 13.3. The van der Waals surface area contributed by atoms with Crippen LogP contribution in [0.1, 0.15) is 164 Å². The molecular weight excluding hydrogens is 767 g/mol. The molecule has 2 radical (unpaired) electrons. The van der Waals surface area contributed by atoms with E-state index in [-0.39, 0.29) is 29.4 Å². The van der Waals surface area contributed by atoms with Crippen LogP contribution < -0.4 is 0 Å². The van der Waals surface area contributed by atoms with Crippen molar-refractivity contribution in [2.75, 3.05) is 37.1 Å². The van der Waals surface area contributed by atoms with Crippen molar-refractivity contribution < 1.29 is 28.6 Å². The van der Waals surface area contributed by atoms with Crippen molar-refractivity contribution in [3.63, 3.8) is 0 Å². The summed E-state index contributed by atoms with van der Waals surface area (Å²) in [4.78, 5) is 39.1. The van der Waals surface area contributed by atoms with E-state index in [0.717, 1.165) is 68.6 Å². The average molecular weight is 842 g/mol. The summed E-state index contributed by atoms with van der Waals surface area (Å²) in [5.74, 6) is 2.29. The molecule has 0 aliphatic heterocycles. The molecule has 0 rings (SSSR count). The molecule has 0 spiro atoms. The van der Waals surface area contributed by atoms with Gasteiger partial charge in [-0.05, 0) is 0 Å². The molecule has 0 N–H and O–H groups in total.